The molecule has 0 spiro atoms. The summed E-state index contributed by atoms with van der Waals surface area (Å²) in [6.07, 6.45) is 8.42. The number of esters is 2. The van der Waals surface area contributed by atoms with E-state index in [-0.39, 0.29) is 57.0 Å². The number of hydrogen-bond donors (Lipinski definition) is 1. The van der Waals surface area contributed by atoms with Crippen molar-refractivity contribution in [2.45, 2.75) is 59.3 Å². The van der Waals surface area contributed by atoms with Crippen LogP contribution in [0.25, 0.3) is 11.6 Å². The highest BCUT2D eigenvalue weighted by Gasteiger charge is 2.26. The van der Waals surface area contributed by atoms with E-state index >= 15 is 0 Å². The lowest BCUT2D eigenvalue weighted by Crippen LogP contribution is -2.13. The fourth-order valence-corrected chi connectivity index (χ4v) is 5.43. The molecule has 0 radical (unpaired) electrons. The Hall–Kier alpha value is -7.09. The summed E-state index contributed by atoms with van der Waals surface area (Å²) >= 11 is 0. The maximum atomic E-state index is 12.3. The first-order valence-electron chi connectivity index (χ1n) is 16.9. The Balaban J connectivity index is 1.68. The molecule has 20 heteroatoms. The Morgan fingerprint density at radius 2 is 1.35 bits per heavy atom. The molecule has 5 aromatic heterocycles. The minimum Gasteiger partial charge on any atom is -0.465 e. The van der Waals surface area contributed by atoms with Crippen molar-refractivity contribution < 1.29 is 19.1 Å². The smallest absolute Gasteiger partial charge is 0.343 e. The van der Waals surface area contributed by atoms with Gasteiger partial charge in [0, 0.05) is 14.1 Å². The van der Waals surface area contributed by atoms with E-state index in [2.05, 4.69) is 42.8 Å². The van der Waals surface area contributed by atoms with Crippen LogP contribution in [0.15, 0.2) is 39.0 Å². The Bertz CT molecular complexity index is 2360. The zero-order valence-electron chi connectivity index (χ0n) is 30.9. The number of nitrogens with two attached hydrogens (primary N) is 1. The number of methoxy groups -OCH3 is 2. The second kappa shape index (κ2) is 16.5. The molecule has 0 aliphatic heterocycles. The van der Waals surface area contributed by atoms with Crippen molar-refractivity contribution in [1.29, 1.82) is 10.5 Å². The number of rotatable bonds is 14. The van der Waals surface area contributed by atoms with Gasteiger partial charge >= 0.3 is 11.9 Å². The summed E-state index contributed by atoms with van der Waals surface area (Å²) < 4.78 is 15.2. The number of ether oxygens (including phenoxy) is 2. The molecule has 5 rings (SSSR count). The summed E-state index contributed by atoms with van der Waals surface area (Å²) in [6, 6.07) is 4.32. The summed E-state index contributed by atoms with van der Waals surface area (Å²) in [6.45, 7) is 5.68. The summed E-state index contributed by atoms with van der Waals surface area (Å²) in [5, 5.41) is 55.8. The number of pyridine rings is 1. The number of unbranched alkanes of at least 4 members (excludes halogenated alkanes) is 2. The first-order chi connectivity index (χ1) is 26.0. The van der Waals surface area contributed by atoms with Gasteiger partial charge in [0.25, 0.3) is 0 Å². The zero-order valence-corrected chi connectivity index (χ0v) is 30.9. The molecule has 5 aromatic rings. The van der Waals surface area contributed by atoms with Crippen molar-refractivity contribution in [3.8, 4) is 23.8 Å². The average molecular weight is 735 g/mol. The van der Waals surface area contributed by atoms with E-state index in [4.69, 9.17) is 30.4 Å². The zero-order chi connectivity index (χ0) is 39.1. The summed E-state index contributed by atoms with van der Waals surface area (Å²) in [5.74, 6) is -0.813. The van der Waals surface area contributed by atoms with Gasteiger partial charge in [-0.05, 0) is 38.2 Å². The van der Waals surface area contributed by atoms with Crippen LogP contribution in [0.3, 0.4) is 0 Å². The van der Waals surface area contributed by atoms with Gasteiger partial charge in [0.15, 0.2) is 34.8 Å². The van der Waals surface area contributed by atoms with E-state index in [1.54, 1.807) is 27.2 Å². The maximum Gasteiger partial charge on any atom is 0.343 e. The topological polar surface area (TPSA) is 260 Å². The summed E-state index contributed by atoms with van der Waals surface area (Å²) in [4.78, 5) is 29.4. The van der Waals surface area contributed by atoms with Crippen molar-refractivity contribution in [1.82, 2.24) is 44.1 Å². The highest BCUT2D eigenvalue weighted by molar-refractivity contribution is 5.94. The second-order valence-electron chi connectivity index (χ2n) is 12.0. The van der Waals surface area contributed by atoms with Gasteiger partial charge in [-0.2, -0.15) is 35.6 Å². The number of aryl methyl sites for hydroxylation is 4. The second-order valence-corrected chi connectivity index (χ2v) is 12.0. The molecule has 0 aliphatic rings. The molecular formula is C34H38N16O4. The predicted octanol–water partition coefficient (Wildman–Crippen LogP) is 5.64. The highest BCUT2D eigenvalue weighted by Crippen LogP contribution is 2.35. The van der Waals surface area contributed by atoms with E-state index in [1.165, 1.54) is 45.3 Å². The van der Waals surface area contributed by atoms with Crippen molar-refractivity contribution in [2.75, 3.05) is 20.0 Å². The van der Waals surface area contributed by atoms with Crippen LogP contribution in [0.4, 0.5) is 28.8 Å². The third kappa shape index (κ3) is 7.30. The van der Waals surface area contributed by atoms with Crippen LogP contribution in [0.5, 0.6) is 0 Å². The largest absolute Gasteiger partial charge is 0.465 e. The Labute approximate surface area is 309 Å². The summed E-state index contributed by atoms with van der Waals surface area (Å²) in [7, 11) is 5.73. The van der Waals surface area contributed by atoms with E-state index in [0.717, 1.165) is 25.7 Å². The first-order valence-corrected chi connectivity index (χ1v) is 16.9. The minimum absolute atomic E-state index is 0.0156. The van der Waals surface area contributed by atoms with Crippen LogP contribution >= 0.6 is 0 Å². The molecule has 0 bridgehead atoms. The molecule has 0 unspecified atom stereocenters. The Morgan fingerprint density at radius 1 is 0.815 bits per heavy atom. The van der Waals surface area contributed by atoms with Crippen LogP contribution in [-0.4, -0.2) is 70.3 Å². The van der Waals surface area contributed by atoms with Gasteiger partial charge in [0.1, 0.15) is 40.1 Å². The molecule has 0 aromatic carbocycles. The van der Waals surface area contributed by atoms with Gasteiger partial charge in [-0.1, -0.05) is 26.7 Å². The van der Waals surface area contributed by atoms with Gasteiger partial charge in [0.05, 0.1) is 44.2 Å². The lowest BCUT2D eigenvalue weighted by molar-refractivity contribution is 0.0592. The normalized spacial score (nSPS) is 11.4. The molecule has 2 N–H and O–H groups in total. The van der Waals surface area contributed by atoms with E-state index in [1.807, 2.05) is 13.8 Å². The van der Waals surface area contributed by atoms with Crippen LogP contribution in [0, 0.1) is 29.6 Å². The number of carbonyl (C=O) groups is 2. The fourth-order valence-electron chi connectivity index (χ4n) is 5.43. The minimum atomic E-state index is -0.639. The molecule has 0 atom stereocenters. The number of nitrogens with zero attached hydrogens (tertiary/aromatic N) is 15. The number of azo groups is 2. The van der Waals surface area contributed by atoms with Crippen LogP contribution < -0.4 is 5.73 Å². The molecule has 278 valence electrons. The molecular weight excluding hydrogens is 696 g/mol. The number of aromatic nitrogens is 9. The van der Waals surface area contributed by atoms with Crippen LogP contribution in [-0.2, 0) is 36.4 Å². The first kappa shape index (κ1) is 38.1. The summed E-state index contributed by atoms with van der Waals surface area (Å²) in [5.41, 5.74) is 8.99. The number of anilines is 1. The van der Waals surface area contributed by atoms with Gasteiger partial charge in [0.2, 0.25) is 0 Å². The van der Waals surface area contributed by atoms with Crippen molar-refractivity contribution in [2.24, 2.45) is 34.6 Å². The molecule has 0 amide bonds. The number of hydrogen-bond acceptors (Lipinski definition) is 16. The molecule has 0 aliphatic carbocycles. The Kier molecular flexibility index (Phi) is 11.7. The van der Waals surface area contributed by atoms with Gasteiger partial charge in [-0.15, -0.1) is 20.5 Å². The molecule has 20 nitrogen and oxygen atoms in total. The van der Waals surface area contributed by atoms with E-state index in [0.29, 0.717) is 35.5 Å². The monoisotopic (exact) mass is 734 g/mol. The molecule has 54 heavy (non-hydrogen) atoms. The average Bonchev–Trinajstić information content (AvgIpc) is 3.94. The van der Waals surface area contributed by atoms with Crippen LogP contribution in [0.1, 0.15) is 88.3 Å². The van der Waals surface area contributed by atoms with Crippen molar-refractivity contribution >= 4 is 40.8 Å². The third-order valence-electron chi connectivity index (χ3n) is 8.44. The standard InChI is InChI=1S/C34H38N16O4/c1-8-10-12-24-26(41-43-31-22(33(51)53-6)16-38-47(31)4)18-49(45-24)29-20(14-35)19(3)21(15-36)30(40-29)50-28(37)27(25(46-50)13-11-9-2)42-44-32-23(34(52)54-7)17-39-48(32)5/h16-18H,8-13,37H2,1-7H3/b43-41+,44-42+. The number of nitrogen functional groups attached to an aromatic ring is 1. The molecule has 0 saturated heterocycles. The lowest BCUT2D eigenvalue weighted by atomic mass is 10.1. The van der Waals surface area contributed by atoms with Crippen molar-refractivity contribution in [3.05, 3.63) is 57.8 Å². The van der Waals surface area contributed by atoms with E-state index < -0.39 is 11.9 Å². The lowest BCUT2D eigenvalue weighted by Gasteiger charge is -2.13. The quantitative estimate of drug-likeness (QED) is 0.107. The fraction of sp³-hybridized carbons (Fsp3) is 0.382. The maximum absolute atomic E-state index is 12.3. The van der Waals surface area contributed by atoms with Crippen LogP contribution in [0.2, 0.25) is 0 Å². The number of nitriles is 2. The predicted molar refractivity (Wildman–Crippen MR) is 192 cm³/mol. The molecule has 0 saturated carbocycles. The Morgan fingerprint density at radius 3 is 1.89 bits per heavy atom. The number of carbonyl (C=O) groups excluding carboxylic acids is 2. The SMILES string of the molecule is CCCCc1nn(-c2nc(-n3nc(CCCC)c(/N=N/c4c(C(=O)OC)cnn4C)c3N)c(C#N)c(C)c2C#N)cc1/N=N/c1c(C(=O)OC)cnn1C. The van der Waals surface area contributed by atoms with Gasteiger partial charge in [-0.3, -0.25) is 0 Å². The highest BCUT2D eigenvalue weighted by atomic mass is 16.5. The third-order valence-corrected chi connectivity index (χ3v) is 8.44. The van der Waals surface area contributed by atoms with Crippen molar-refractivity contribution in [3.63, 3.8) is 0 Å². The molecule has 5 heterocycles. The van der Waals surface area contributed by atoms with Gasteiger partial charge < -0.3 is 15.2 Å². The van der Waals surface area contributed by atoms with Gasteiger partial charge in [-0.25, -0.2) is 28.6 Å². The van der Waals surface area contributed by atoms with E-state index in [9.17, 15) is 20.1 Å². The molecule has 0 fully saturated rings.